The topological polar surface area (TPSA) is 94.8 Å². The van der Waals surface area contributed by atoms with E-state index in [1.807, 2.05) is 0 Å². The third kappa shape index (κ3) is 10.3. The summed E-state index contributed by atoms with van der Waals surface area (Å²) in [6.07, 6.45) is 0.197. The van der Waals surface area contributed by atoms with Gasteiger partial charge in [0, 0.05) is 0 Å². The maximum atomic E-state index is 9.65. The molecule has 0 radical (unpaired) electrons. The van der Waals surface area contributed by atoms with Gasteiger partial charge in [0.15, 0.2) is 17.4 Å². The van der Waals surface area contributed by atoms with E-state index in [1.54, 1.807) is 0 Å². The molecule has 0 fully saturated rings. The summed E-state index contributed by atoms with van der Waals surface area (Å²) in [6, 6.07) is 0. The second-order valence-corrected chi connectivity index (χ2v) is 1.17. The van der Waals surface area contributed by atoms with Crippen molar-refractivity contribution in [3.8, 4) is 0 Å². The van der Waals surface area contributed by atoms with E-state index < -0.39 is 17.7 Å². The van der Waals surface area contributed by atoms with E-state index in [9.17, 15) is 9.59 Å². The van der Waals surface area contributed by atoms with Crippen LogP contribution in [0.5, 0.6) is 0 Å². The Bertz CT molecular complexity index is 185. The molecule has 0 aliphatic carbocycles. The molecule has 7 heteroatoms. The predicted octanol–water partition coefficient (Wildman–Crippen LogP) is -1.74. The maximum absolute atomic E-state index is 9.65. The van der Waals surface area contributed by atoms with Gasteiger partial charge in [0.05, 0.1) is 6.08 Å². The number of aliphatic carboxylic acids is 2. The Hall–Kier alpha value is 0.272. The molecule has 0 spiro atoms. The molecule has 0 saturated carbocycles. The van der Waals surface area contributed by atoms with Gasteiger partial charge in [0.1, 0.15) is 0 Å². The van der Waals surface area contributed by atoms with E-state index in [0.29, 0.717) is 0 Å². The van der Waals surface area contributed by atoms with Crippen LogP contribution >= 0.6 is 0 Å². The zero-order chi connectivity index (χ0) is 7.44. The first-order chi connectivity index (χ1) is 4.04. The molecule has 5 nitrogen and oxygen atoms in total. The molecule has 0 amide bonds. The molecule has 0 aliphatic heterocycles. The summed E-state index contributed by atoms with van der Waals surface area (Å²) in [5, 5.41) is 23.9. The van der Waals surface area contributed by atoms with Crippen LogP contribution < -0.4 is 0 Å². The van der Waals surface area contributed by atoms with Gasteiger partial charge in [-0.05, 0) is 0 Å². The first-order valence-corrected chi connectivity index (χ1v) is 1.91. The number of carbonyl (C=O) groups is 2. The summed E-state index contributed by atoms with van der Waals surface area (Å²) in [7, 11) is 0. The Morgan fingerprint density at radius 2 is 1.55 bits per heavy atom. The second-order valence-electron chi connectivity index (χ2n) is 1.17. The first kappa shape index (κ1) is 17.4. The number of carboxylic acid groups (broad SMARTS) is 2. The minimum absolute atomic E-state index is 0. The number of hydrogen-bond acceptors (Lipinski definition) is 3. The van der Waals surface area contributed by atoms with E-state index in [0.717, 1.165) is 0 Å². The fourth-order valence-corrected chi connectivity index (χ4v) is 0.179. The second kappa shape index (κ2) is 8.37. The zero-order valence-electron chi connectivity index (χ0n) is 6.94. The van der Waals surface area contributed by atoms with E-state index >= 15 is 0 Å². The molecule has 3 N–H and O–H groups in total. The van der Waals surface area contributed by atoms with Crippen molar-refractivity contribution >= 4 is 67.0 Å². The summed E-state index contributed by atoms with van der Waals surface area (Å²) in [5.41, 5.74) is 0. The third-order valence-corrected chi connectivity index (χ3v) is 0.479. The quantitative estimate of drug-likeness (QED) is 0.282. The maximum Gasteiger partial charge on any atom is 2.00 e. The molecule has 0 unspecified atom stereocenters. The van der Waals surface area contributed by atoms with E-state index in [1.165, 1.54) is 0 Å². The molecule has 0 rings (SSSR count). The molecule has 0 aliphatic rings. The molecule has 0 bridgehead atoms. The Balaban J connectivity index is -0.0000000533. The largest absolute Gasteiger partial charge is 2.00 e. The zero-order valence-corrected chi connectivity index (χ0v) is 7.15. The first-order valence-electron chi connectivity index (χ1n) is 1.91. The van der Waals surface area contributed by atoms with Crippen molar-refractivity contribution < 1.29 is 27.8 Å². The van der Waals surface area contributed by atoms with Gasteiger partial charge in [-0.2, -0.15) is 0 Å². The van der Waals surface area contributed by atoms with Crippen LogP contribution in [0.4, 0.5) is 0 Å². The predicted molar refractivity (Wildman–Crippen MR) is 43.9 cm³/mol. The van der Waals surface area contributed by atoms with Gasteiger partial charge < -0.3 is 18.2 Å². The van der Waals surface area contributed by atoms with Crippen molar-refractivity contribution in [2.75, 3.05) is 0 Å². The molecule has 0 aromatic rings. The number of hydrogen-bond donors (Lipinski definition) is 3. The minimum atomic E-state index is -1.66. The molecular formula is C4H9AlCaO5. The van der Waals surface area contributed by atoms with Crippen molar-refractivity contribution in [2.24, 2.45) is 0 Å². The number of aliphatic hydroxyl groups excluding tert-OH is 1. The van der Waals surface area contributed by atoms with Crippen LogP contribution in [0.25, 0.3) is 0 Å². The van der Waals surface area contributed by atoms with E-state index in [-0.39, 0.29) is 64.0 Å². The van der Waals surface area contributed by atoms with Crippen LogP contribution in [-0.2, 0) is 9.59 Å². The molecule has 0 saturated heterocycles. The van der Waals surface area contributed by atoms with Crippen LogP contribution in [0.2, 0.25) is 0 Å². The molecule has 0 aromatic carbocycles. The fourth-order valence-electron chi connectivity index (χ4n) is 0.179. The van der Waals surface area contributed by atoms with Crippen molar-refractivity contribution in [1.82, 2.24) is 0 Å². The summed E-state index contributed by atoms with van der Waals surface area (Å²) in [6.45, 7) is 0. The van der Waals surface area contributed by atoms with Crippen molar-refractivity contribution in [1.29, 1.82) is 0 Å². The minimum Gasteiger partial charge on any atom is -1.00 e. The average molecular weight is 204 g/mol. The van der Waals surface area contributed by atoms with E-state index in [4.69, 9.17) is 15.3 Å². The monoisotopic (exact) mass is 204 g/mol. The molecule has 11 heavy (non-hydrogen) atoms. The van der Waals surface area contributed by atoms with Crippen LogP contribution in [0.15, 0.2) is 11.8 Å². The van der Waals surface area contributed by atoms with E-state index in [2.05, 4.69) is 0 Å². The van der Waals surface area contributed by atoms with Crippen molar-refractivity contribution in [3.05, 3.63) is 11.8 Å². The molecular weight excluding hydrogens is 195 g/mol. The van der Waals surface area contributed by atoms with Crippen LogP contribution in [0.3, 0.4) is 0 Å². The third-order valence-electron chi connectivity index (χ3n) is 0.479. The Kier molecular flexibility index (Phi) is 13.2. The molecule has 60 valence electrons. The summed E-state index contributed by atoms with van der Waals surface area (Å²) in [4.78, 5) is 19.3. The summed E-state index contributed by atoms with van der Waals surface area (Å²) in [5.74, 6) is -4.32. The van der Waals surface area contributed by atoms with Gasteiger partial charge in [0.25, 0.3) is 0 Å². The van der Waals surface area contributed by atoms with Crippen LogP contribution in [0, 0.1) is 0 Å². The van der Waals surface area contributed by atoms with Crippen LogP contribution in [0.1, 0.15) is 2.85 Å². The van der Waals surface area contributed by atoms with Gasteiger partial charge >= 0.3 is 49.7 Å². The van der Waals surface area contributed by atoms with Gasteiger partial charge in [-0.25, -0.2) is 9.59 Å². The molecule has 0 heterocycles. The summed E-state index contributed by atoms with van der Waals surface area (Å²) < 4.78 is 0. The standard InChI is InChI=1S/C4H4O5.Al.Ca.5H/c5-2(4(8)9)1-3(6)7;;;;;;;/h1,5H,(H,6,7)(H,8,9);;;;;;;/q;;+2;;;;2*-1/b2-1-;;;;;;;. The van der Waals surface area contributed by atoms with Crippen molar-refractivity contribution in [2.45, 2.75) is 0 Å². The van der Waals surface area contributed by atoms with Crippen molar-refractivity contribution in [3.63, 3.8) is 0 Å². The normalized spacial score (nSPS) is 8.91. The van der Waals surface area contributed by atoms with Gasteiger partial charge in [-0.15, -0.1) is 0 Å². The summed E-state index contributed by atoms with van der Waals surface area (Å²) >= 11 is 0. The Labute approximate surface area is 106 Å². The number of carboxylic acids is 2. The number of rotatable bonds is 2. The average Bonchev–Trinajstić information content (AvgIpc) is 1.63. The Morgan fingerprint density at radius 1 is 1.18 bits per heavy atom. The Morgan fingerprint density at radius 3 is 1.64 bits per heavy atom. The molecule has 0 atom stereocenters. The van der Waals surface area contributed by atoms with Gasteiger partial charge in [-0.3, -0.25) is 0 Å². The smallest absolute Gasteiger partial charge is 1.00 e. The van der Waals surface area contributed by atoms with Gasteiger partial charge in [0.2, 0.25) is 5.76 Å². The molecule has 0 aromatic heterocycles. The fraction of sp³-hybridized carbons (Fsp3) is 0. The SMILES string of the molecule is O=C(O)/C=C(\O)C(=O)O.[AlH3].[Ca+2].[H-].[H-]. The number of aliphatic hydroxyl groups is 1. The van der Waals surface area contributed by atoms with Crippen LogP contribution in [-0.4, -0.2) is 82.4 Å². The van der Waals surface area contributed by atoms with Gasteiger partial charge in [-0.1, -0.05) is 0 Å².